The second kappa shape index (κ2) is 9.04. The van der Waals surface area contributed by atoms with E-state index in [2.05, 4.69) is 16.5 Å². The summed E-state index contributed by atoms with van der Waals surface area (Å²) in [5.41, 5.74) is 0. The van der Waals surface area contributed by atoms with Crippen molar-refractivity contribution < 1.29 is 13.2 Å². The lowest BCUT2D eigenvalue weighted by molar-refractivity contribution is 0.143. The predicted octanol–water partition coefficient (Wildman–Crippen LogP) is 3.28. The summed E-state index contributed by atoms with van der Waals surface area (Å²) in [5.74, 6) is 0.300. The number of nitrogens with one attached hydrogen (secondary N) is 1. The van der Waals surface area contributed by atoms with Crippen LogP contribution in [0.3, 0.4) is 0 Å². The number of ether oxygens (including phenoxy) is 1. The quantitative estimate of drug-likeness (QED) is 0.709. The fourth-order valence-corrected chi connectivity index (χ4v) is 4.75. The highest BCUT2D eigenvalue weighted by molar-refractivity contribution is 7.89. The van der Waals surface area contributed by atoms with Crippen LogP contribution in [0, 0.1) is 0 Å². The molecule has 0 radical (unpaired) electrons. The van der Waals surface area contributed by atoms with Gasteiger partial charge < -0.3 is 9.64 Å². The molecule has 0 bridgehead atoms. The van der Waals surface area contributed by atoms with Crippen LogP contribution in [0.25, 0.3) is 0 Å². The molecule has 24 heavy (non-hydrogen) atoms. The molecule has 0 amide bonds. The van der Waals surface area contributed by atoms with Gasteiger partial charge in [-0.05, 0) is 57.0 Å². The lowest BCUT2D eigenvalue weighted by Crippen LogP contribution is -2.40. The van der Waals surface area contributed by atoms with E-state index in [4.69, 9.17) is 16.3 Å². The van der Waals surface area contributed by atoms with Crippen molar-refractivity contribution in [2.45, 2.75) is 50.0 Å². The summed E-state index contributed by atoms with van der Waals surface area (Å²) in [6, 6.07) is 5.24. The van der Waals surface area contributed by atoms with E-state index in [0.717, 1.165) is 25.9 Å². The van der Waals surface area contributed by atoms with E-state index < -0.39 is 10.0 Å². The smallest absolute Gasteiger partial charge is 0.244 e. The third-order valence-corrected chi connectivity index (χ3v) is 6.27. The van der Waals surface area contributed by atoms with Crippen molar-refractivity contribution in [2.75, 3.05) is 26.7 Å². The molecule has 1 aromatic rings. The Morgan fingerprint density at radius 1 is 1.38 bits per heavy atom. The van der Waals surface area contributed by atoms with E-state index in [1.165, 1.54) is 32.4 Å². The number of halogens is 1. The van der Waals surface area contributed by atoms with Gasteiger partial charge in [0.25, 0.3) is 0 Å². The van der Waals surface area contributed by atoms with Crippen molar-refractivity contribution >= 4 is 21.6 Å². The molecular formula is C17H27ClN2O3S. The number of nitrogens with zero attached hydrogens (tertiary/aromatic N) is 1. The molecule has 0 aromatic heterocycles. The fraction of sp³-hybridized carbons (Fsp3) is 0.647. The molecule has 1 aromatic carbocycles. The number of benzene rings is 1. The van der Waals surface area contributed by atoms with E-state index in [9.17, 15) is 8.42 Å². The minimum atomic E-state index is -3.63. The van der Waals surface area contributed by atoms with Crippen LogP contribution in [0.1, 0.15) is 39.0 Å². The Balaban J connectivity index is 1.90. The number of hydrogen-bond acceptors (Lipinski definition) is 4. The molecule has 0 spiro atoms. The van der Waals surface area contributed by atoms with Crippen molar-refractivity contribution in [3.05, 3.63) is 23.2 Å². The first-order valence-electron chi connectivity index (χ1n) is 8.55. The number of piperidine rings is 1. The topological polar surface area (TPSA) is 58.6 Å². The van der Waals surface area contributed by atoms with Crippen LogP contribution in [-0.2, 0) is 10.0 Å². The van der Waals surface area contributed by atoms with Gasteiger partial charge in [0.2, 0.25) is 10.0 Å². The van der Waals surface area contributed by atoms with Crippen LogP contribution in [0.15, 0.2) is 23.1 Å². The summed E-state index contributed by atoms with van der Waals surface area (Å²) in [7, 11) is -2.18. The van der Waals surface area contributed by atoms with Gasteiger partial charge in [-0.1, -0.05) is 24.9 Å². The number of hydrogen-bond donors (Lipinski definition) is 1. The van der Waals surface area contributed by atoms with E-state index in [0.29, 0.717) is 23.4 Å². The number of likely N-dealkylation sites (tertiary alicyclic amines) is 1. The fourth-order valence-electron chi connectivity index (χ4n) is 3.24. The van der Waals surface area contributed by atoms with Gasteiger partial charge in [0, 0.05) is 17.6 Å². The molecule has 5 nitrogen and oxygen atoms in total. The Bertz CT molecular complexity index is 637. The average Bonchev–Trinajstić information content (AvgIpc) is 2.59. The molecule has 1 N–H and O–H groups in total. The molecule has 1 saturated heterocycles. The summed E-state index contributed by atoms with van der Waals surface area (Å²) in [6.45, 7) is 4.67. The summed E-state index contributed by atoms with van der Waals surface area (Å²) in [4.78, 5) is 2.57. The SMILES string of the molecule is CC[C@H]1CCCCN1CCCNS(=O)(=O)c1cc(Cl)ccc1OC. The molecule has 7 heteroatoms. The minimum absolute atomic E-state index is 0.0851. The molecule has 1 fully saturated rings. The van der Waals surface area contributed by atoms with E-state index in [1.807, 2.05) is 0 Å². The Kier molecular flexibility index (Phi) is 7.34. The molecule has 136 valence electrons. The second-order valence-corrected chi connectivity index (χ2v) is 8.31. The number of sulfonamides is 1. The summed E-state index contributed by atoms with van der Waals surface area (Å²) >= 11 is 5.92. The minimum Gasteiger partial charge on any atom is -0.495 e. The van der Waals surface area contributed by atoms with Gasteiger partial charge in [-0.15, -0.1) is 0 Å². The van der Waals surface area contributed by atoms with Crippen molar-refractivity contribution in [3.8, 4) is 5.75 Å². The summed E-state index contributed by atoms with van der Waals surface area (Å²) in [5, 5.41) is 0.371. The van der Waals surface area contributed by atoms with Crippen LogP contribution in [0.5, 0.6) is 5.75 Å². The van der Waals surface area contributed by atoms with Crippen LogP contribution in [0.2, 0.25) is 5.02 Å². The summed E-state index contributed by atoms with van der Waals surface area (Å²) < 4.78 is 32.7. The van der Waals surface area contributed by atoms with Crippen molar-refractivity contribution in [2.24, 2.45) is 0 Å². The Labute approximate surface area is 150 Å². The normalized spacial score (nSPS) is 19.4. The lowest BCUT2D eigenvalue weighted by atomic mass is 10.00. The van der Waals surface area contributed by atoms with Gasteiger partial charge in [-0.2, -0.15) is 0 Å². The van der Waals surface area contributed by atoms with Crippen molar-refractivity contribution in [3.63, 3.8) is 0 Å². The maximum atomic E-state index is 12.5. The lowest BCUT2D eigenvalue weighted by Gasteiger charge is -2.35. The van der Waals surface area contributed by atoms with Crippen molar-refractivity contribution in [1.82, 2.24) is 9.62 Å². The molecule has 2 rings (SSSR count). The predicted molar refractivity (Wildman–Crippen MR) is 97.3 cm³/mol. The Hall–Kier alpha value is -0.820. The number of methoxy groups -OCH3 is 1. The zero-order valence-corrected chi connectivity index (χ0v) is 16.0. The standard InChI is InChI=1S/C17H27ClN2O3S/c1-3-15-7-4-5-11-20(15)12-6-10-19-24(21,22)17-13-14(18)8-9-16(17)23-2/h8-9,13,15,19H,3-7,10-12H2,1-2H3/t15-/m0/s1. The molecule has 1 aliphatic heterocycles. The van der Waals surface area contributed by atoms with Gasteiger partial charge in [0.15, 0.2) is 0 Å². The van der Waals surface area contributed by atoms with Crippen molar-refractivity contribution in [1.29, 1.82) is 0 Å². The monoisotopic (exact) mass is 374 g/mol. The van der Waals surface area contributed by atoms with Gasteiger partial charge in [0.05, 0.1) is 7.11 Å². The van der Waals surface area contributed by atoms with Gasteiger partial charge in [-0.25, -0.2) is 13.1 Å². The molecule has 0 saturated carbocycles. The van der Waals surface area contributed by atoms with Gasteiger partial charge in [0.1, 0.15) is 10.6 Å². The van der Waals surface area contributed by atoms with E-state index >= 15 is 0 Å². The third kappa shape index (κ3) is 5.09. The van der Waals surface area contributed by atoms with Crippen LogP contribution >= 0.6 is 11.6 Å². The Morgan fingerprint density at radius 2 is 2.17 bits per heavy atom. The maximum absolute atomic E-state index is 12.5. The average molecular weight is 375 g/mol. The largest absolute Gasteiger partial charge is 0.495 e. The number of rotatable bonds is 8. The van der Waals surface area contributed by atoms with Crippen LogP contribution in [-0.4, -0.2) is 46.1 Å². The molecule has 0 unspecified atom stereocenters. The van der Waals surface area contributed by atoms with E-state index in [-0.39, 0.29) is 4.90 Å². The highest BCUT2D eigenvalue weighted by Gasteiger charge is 2.22. The second-order valence-electron chi connectivity index (χ2n) is 6.14. The first-order chi connectivity index (χ1) is 11.5. The molecule has 1 aliphatic rings. The zero-order valence-electron chi connectivity index (χ0n) is 14.4. The van der Waals surface area contributed by atoms with E-state index in [1.54, 1.807) is 12.1 Å². The summed E-state index contributed by atoms with van der Waals surface area (Å²) in [6.07, 6.45) is 5.74. The molecule has 1 heterocycles. The first-order valence-corrected chi connectivity index (χ1v) is 10.4. The highest BCUT2D eigenvalue weighted by Crippen LogP contribution is 2.26. The first kappa shape index (κ1) is 19.5. The van der Waals surface area contributed by atoms with Gasteiger partial charge >= 0.3 is 0 Å². The molecular weight excluding hydrogens is 348 g/mol. The highest BCUT2D eigenvalue weighted by atomic mass is 35.5. The molecule has 1 atom stereocenters. The van der Waals surface area contributed by atoms with Crippen LogP contribution in [0.4, 0.5) is 0 Å². The van der Waals surface area contributed by atoms with Crippen LogP contribution < -0.4 is 9.46 Å². The Morgan fingerprint density at radius 3 is 2.88 bits per heavy atom. The molecule has 0 aliphatic carbocycles. The van der Waals surface area contributed by atoms with Gasteiger partial charge in [-0.3, -0.25) is 0 Å². The zero-order chi connectivity index (χ0) is 17.6. The third-order valence-electron chi connectivity index (χ3n) is 4.55. The maximum Gasteiger partial charge on any atom is 0.244 e.